The number of carbonyl (C=O) groups is 2. The molecule has 0 aliphatic heterocycles. The molecule has 2 aromatic rings. The summed E-state index contributed by atoms with van der Waals surface area (Å²) in [7, 11) is 0. The third-order valence-electron chi connectivity index (χ3n) is 2.88. The lowest BCUT2D eigenvalue weighted by molar-refractivity contribution is 0.0686. The lowest BCUT2D eigenvalue weighted by Gasteiger charge is -2.10. The van der Waals surface area contributed by atoms with Crippen LogP contribution in [0.2, 0.25) is 0 Å². The number of carboxylic acid groups (broad SMARTS) is 2. The van der Waals surface area contributed by atoms with Gasteiger partial charge in [0.1, 0.15) is 0 Å². The van der Waals surface area contributed by atoms with Crippen LogP contribution in [0.15, 0.2) is 48.5 Å². The van der Waals surface area contributed by atoms with Crippen molar-refractivity contribution in [3.05, 3.63) is 70.8 Å². The van der Waals surface area contributed by atoms with Crippen molar-refractivity contribution in [1.29, 1.82) is 0 Å². The lowest BCUT2D eigenvalue weighted by Crippen LogP contribution is -2.01. The quantitative estimate of drug-likeness (QED) is 0.898. The molecular weight excluding hydrogens is 263 g/mol. The Kier molecular flexibility index (Phi) is 3.79. The predicted octanol–water partition coefficient (Wildman–Crippen LogP) is 3.14. The first-order valence-electron chi connectivity index (χ1n) is 5.79. The molecule has 0 saturated carbocycles. The summed E-state index contributed by atoms with van der Waals surface area (Å²) < 4.78 is 14.3. The Morgan fingerprint density at radius 3 is 2.00 bits per heavy atom. The molecule has 0 amide bonds. The van der Waals surface area contributed by atoms with E-state index in [2.05, 4.69) is 0 Å². The maximum absolute atomic E-state index is 14.3. The summed E-state index contributed by atoms with van der Waals surface area (Å²) >= 11 is 0. The molecular formula is C15H11FO4. The van der Waals surface area contributed by atoms with Crippen LogP contribution in [-0.4, -0.2) is 22.2 Å². The van der Waals surface area contributed by atoms with Crippen LogP contribution >= 0.6 is 0 Å². The molecule has 0 aliphatic rings. The molecule has 2 rings (SSSR count). The van der Waals surface area contributed by atoms with Gasteiger partial charge in [-0.2, -0.15) is 0 Å². The van der Waals surface area contributed by atoms with Crippen LogP contribution in [0.3, 0.4) is 0 Å². The molecule has 0 radical (unpaired) electrons. The van der Waals surface area contributed by atoms with E-state index in [0.717, 1.165) is 0 Å². The summed E-state index contributed by atoms with van der Waals surface area (Å²) in [6.07, 6.45) is -1.50. The van der Waals surface area contributed by atoms with Crippen molar-refractivity contribution in [2.24, 2.45) is 0 Å². The molecule has 102 valence electrons. The fourth-order valence-corrected chi connectivity index (χ4v) is 1.82. The van der Waals surface area contributed by atoms with E-state index in [1.54, 1.807) is 0 Å². The van der Waals surface area contributed by atoms with Gasteiger partial charge in [0.25, 0.3) is 0 Å². The topological polar surface area (TPSA) is 74.6 Å². The molecule has 5 heteroatoms. The fraction of sp³-hybridized carbons (Fsp3) is 0.0667. The van der Waals surface area contributed by atoms with Gasteiger partial charge in [0.05, 0.1) is 11.1 Å². The summed E-state index contributed by atoms with van der Waals surface area (Å²) in [4.78, 5) is 21.6. The number of benzene rings is 2. The Hall–Kier alpha value is -2.69. The first-order chi connectivity index (χ1) is 9.49. The number of halogens is 1. The van der Waals surface area contributed by atoms with E-state index in [9.17, 15) is 14.0 Å². The van der Waals surface area contributed by atoms with Crippen LogP contribution in [0.1, 0.15) is 38.0 Å². The predicted molar refractivity (Wildman–Crippen MR) is 69.8 cm³/mol. The van der Waals surface area contributed by atoms with E-state index in [0.29, 0.717) is 0 Å². The molecule has 20 heavy (non-hydrogen) atoms. The minimum absolute atomic E-state index is 0.00676. The van der Waals surface area contributed by atoms with Crippen LogP contribution in [0.5, 0.6) is 0 Å². The Morgan fingerprint density at radius 1 is 0.850 bits per heavy atom. The van der Waals surface area contributed by atoms with Crippen LogP contribution in [0, 0.1) is 0 Å². The standard InChI is InChI=1S/C15H11FO4/c16-13(9-4-6-10(7-5-9)14(17)18)11-2-1-3-12(8-11)15(19)20/h1-8,13H,(H,17,18)(H,19,20). The molecule has 1 unspecified atom stereocenters. The molecule has 4 nitrogen and oxygen atoms in total. The smallest absolute Gasteiger partial charge is 0.335 e. The highest BCUT2D eigenvalue weighted by Crippen LogP contribution is 2.26. The Labute approximate surface area is 114 Å². The first kappa shape index (κ1) is 13.7. The summed E-state index contributed by atoms with van der Waals surface area (Å²) in [5, 5.41) is 17.6. The Balaban J connectivity index is 2.30. The second kappa shape index (κ2) is 5.52. The van der Waals surface area contributed by atoms with Gasteiger partial charge in [-0.25, -0.2) is 14.0 Å². The number of alkyl halides is 1. The van der Waals surface area contributed by atoms with E-state index in [1.807, 2.05) is 0 Å². The maximum atomic E-state index is 14.3. The van der Waals surface area contributed by atoms with Crippen LogP contribution in [-0.2, 0) is 0 Å². The minimum Gasteiger partial charge on any atom is -0.478 e. The highest BCUT2D eigenvalue weighted by atomic mass is 19.1. The van der Waals surface area contributed by atoms with Crippen molar-refractivity contribution in [2.45, 2.75) is 6.17 Å². The van der Waals surface area contributed by atoms with E-state index in [4.69, 9.17) is 10.2 Å². The second-order valence-corrected chi connectivity index (χ2v) is 4.22. The summed E-state index contributed by atoms with van der Waals surface area (Å²) in [5.41, 5.74) is 0.568. The average molecular weight is 274 g/mol. The van der Waals surface area contributed by atoms with Gasteiger partial charge in [-0.3, -0.25) is 0 Å². The molecule has 0 spiro atoms. The van der Waals surface area contributed by atoms with Crippen molar-refractivity contribution in [2.75, 3.05) is 0 Å². The Morgan fingerprint density at radius 2 is 1.45 bits per heavy atom. The zero-order chi connectivity index (χ0) is 14.7. The summed E-state index contributed by atoms with van der Waals surface area (Å²) in [5.74, 6) is -2.21. The Bertz CT molecular complexity index is 649. The number of hydrogen-bond acceptors (Lipinski definition) is 2. The van der Waals surface area contributed by atoms with Gasteiger partial charge in [-0.05, 0) is 35.4 Å². The van der Waals surface area contributed by atoms with Crippen molar-refractivity contribution < 1.29 is 24.2 Å². The van der Waals surface area contributed by atoms with E-state index in [-0.39, 0.29) is 22.3 Å². The number of aromatic carboxylic acids is 2. The molecule has 0 saturated heterocycles. The highest BCUT2D eigenvalue weighted by Gasteiger charge is 2.15. The number of hydrogen-bond donors (Lipinski definition) is 2. The summed E-state index contributed by atoms with van der Waals surface area (Å²) in [6.45, 7) is 0. The van der Waals surface area contributed by atoms with Gasteiger partial charge in [-0.1, -0.05) is 24.3 Å². The zero-order valence-electron chi connectivity index (χ0n) is 10.3. The average Bonchev–Trinajstić information content (AvgIpc) is 2.46. The van der Waals surface area contributed by atoms with Crippen LogP contribution in [0.25, 0.3) is 0 Å². The van der Waals surface area contributed by atoms with Crippen molar-refractivity contribution >= 4 is 11.9 Å². The highest BCUT2D eigenvalue weighted by molar-refractivity contribution is 5.88. The normalized spacial score (nSPS) is 11.8. The molecule has 0 bridgehead atoms. The molecule has 2 aromatic carbocycles. The maximum Gasteiger partial charge on any atom is 0.335 e. The fourth-order valence-electron chi connectivity index (χ4n) is 1.82. The molecule has 0 aliphatic carbocycles. The van der Waals surface area contributed by atoms with Gasteiger partial charge in [0.15, 0.2) is 6.17 Å². The van der Waals surface area contributed by atoms with Gasteiger partial charge in [0.2, 0.25) is 0 Å². The van der Waals surface area contributed by atoms with Gasteiger partial charge in [-0.15, -0.1) is 0 Å². The monoisotopic (exact) mass is 274 g/mol. The first-order valence-corrected chi connectivity index (χ1v) is 5.79. The van der Waals surface area contributed by atoms with Crippen molar-refractivity contribution in [3.63, 3.8) is 0 Å². The zero-order valence-corrected chi connectivity index (χ0v) is 10.3. The van der Waals surface area contributed by atoms with E-state index < -0.39 is 18.1 Å². The molecule has 1 atom stereocenters. The molecule has 0 heterocycles. The largest absolute Gasteiger partial charge is 0.478 e. The SMILES string of the molecule is O=C(O)c1ccc(C(F)c2cccc(C(=O)O)c2)cc1. The number of rotatable bonds is 4. The molecule has 2 N–H and O–H groups in total. The number of carboxylic acids is 2. The lowest BCUT2D eigenvalue weighted by atomic mass is 10.00. The third kappa shape index (κ3) is 2.83. The molecule has 0 aromatic heterocycles. The van der Waals surface area contributed by atoms with Crippen molar-refractivity contribution in [3.8, 4) is 0 Å². The van der Waals surface area contributed by atoms with Gasteiger partial charge < -0.3 is 10.2 Å². The minimum atomic E-state index is -1.50. The van der Waals surface area contributed by atoms with Gasteiger partial charge in [0, 0.05) is 0 Å². The second-order valence-electron chi connectivity index (χ2n) is 4.22. The molecule has 0 fully saturated rings. The van der Waals surface area contributed by atoms with E-state index in [1.165, 1.54) is 48.5 Å². The van der Waals surface area contributed by atoms with E-state index >= 15 is 0 Å². The van der Waals surface area contributed by atoms with Crippen LogP contribution in [0.4, 0.5) is 4.39 Å². The third-order valence-corrected chi connectivity index (χ3v) is 2.88. The van der Waals surface area contributed by atoms with Gasteiger partial charge >= 0.3 is 11.9 Å². The van der Waals surface area contributed by atoms with Crippen molar-refractivity contribution in [1.82, 2.24) is 0 Å². The van der Waals surface area contributed by atoms with Crippen LogP contribution < -0.4 is 0 Å². The summed E-state index contributed by atoms with van der Waals surface area (Å²) in [6, 6.07) is 11.0.